The number of imidazole rings is 1. The number of carbonyl (C=O) groups excluding carboxylic acids is 1. The standard InChI is InChI=1S/C20H18ClFN4O.CH4/c1-12-4-3-5-15(18(12)21)20(27)25-9-8-16-19(13(25)2)24-11-26(16)17-7-6-14(22)10-23-17;/h3-7,10-11,13H,8-9H2,1-2H3;1H4/t13-;/m1./s1. The van der Waals surface area contributed by atoms with E-state index in [9.17, 15) is 9.18 Å². The Morgan fingerprint density at radius 1 is 1.25 bits per heavy atom. The number of halogens is 2. The van der Waals surface area contributed by atoms with E-state index in [1.54, 1.807) is 23.4 Å². The molecule has 0 radical (unpaired) electrons. The molecule has 0 saturated carbocycles. The molecule has 3 aromatic rings. The smallest absolute Gasteiger partial charge is 0.255 e. The summed E-state index contributed by atoms with van der Waals surface area (Å²) in [6.45, 7) is 4.38. The molecule has 28 heavy (non-hydrogen) atoms. The zero-order chi connectivity index (χ0) is 19.1. The Balaban J connectivity index is 0.00000225. The van der Waals surface area contributed by atoms with Gasteiger partial charge in [0.15, 0.2) is 0 Å². The first kappa shape index (κ1) is 20.0. The third-order valence-electron chi connectivity index (χ3n) is 4.99. The van der Waals surface area contributed by atoms with Crippen LogP contribution in [0.25, 0.3) is 5.82 Å². The molecule has 1 aliphatic heterocycles. The van der Waals surface area contributed by atoms with Gasteiger partial charge in [0, 0.05) is 13.0 Å². The van der Waals surface area contributed by atoms with Crippen LogP contribution in [0.4, 0.5) is 4.39 Å². The largest absolute Gasteiger partial charge is 0.330 e. The summed E-state index contributed by atoms with van der Waals surface area (Å²) in [6.07, 6.45) is 3.49. The number of rotatable bonds is 2. The summed E-state index contributed by atoms with van der Waals surface area (Å²) in [5.74, 6) is 0.128. The van der Waals surface area contributed by atoms with Crippen molar-refractivity contribution in [2.75, 3.05) is 6.54 Å². The van der Waals surface area contributed by atoms with Gasteiger partial charge in [0.1, 0.15) is 18.0 Å². The normalized spacial score (nSPS) is 15.7. The third kappa shape index (κ3) is 3.29. The molecule has 2 aromatic heterocycles. The molecule has 1 aliphatic rings. The van der Waals surface area contributed by atoms with E-state index in [2.05, 4.69) is 9.97 Å². The Morgan fingerprint density at radius 2 is 2.04 bits per heavy atom. The maximum Gasteiger partial charge on any atom is 0.255 e. The molecule has 0 unspecified atom stereocenters. The van der Waals surface area contributed by atoms with Crippen molar-refractivity contribution in [1.29, 1.82) is 0 Å². The highest BCUT2D eigenvalue weighted by Crippen LogP contribution is 2.32. The molecule has 1 atom stereocenters. The van der Waals surface area contributed by atoms with Crippen molar-refractivity contribution in [3.05, 3.63) is 76.2 Å². The summed E-state index contributed by atoms with van der Waals surface area (Å²) < 4.78 is 15.0. The second-order valence-corrected chi connectivity index (χ2v) is 7.02. The number of aryl methyl sites for hydroxylation is 1. The molecular weight excluding hydrogens is 379 g/mol. The van der Waals surface area contributed by atoms with Crippen LogP contribution >= 0.6 is 11.6 Å². The van der Waals surface area contributed by atoms with E-state index >= 15 is 0 Å². The zero-order valence-corrected chi connectivity index (χ0v) is 15.7. The lowest BCUT2D eigenvalue weighted by Crippen LogP contribution is -2.39. The van der Waals surface area contributed by atoms with Crippen LogP contribution < -0.4 is 0 Å². The number of carbonyl (C=O) groups is 1. The fourth-order valence-electron chi connectivity index (χ4n) is 3.51. The van der Waals surface area contributed by atoms with E-state index in [0.29, 0.717) is 29.4 Å². The predicted molar refractivity (Wildman–Crippen MR) is 107 cm³/mol. The lowest BCUT2D eigenvalue weighted by Gasteiger charge is -2.33. The van der Waals surface area contributed by atoms with E-state index in [1.807, 2.05) is 30.5 Å². The maximum atomic E-state index is 13.1. The first-order valence-corrected chi connectivity index (χ1v) is 9.09. The highest BCUT2D eigenvalue weighted by molar-refractivity contribution is 6.34. The van der Waals surface area contributed by atoms with E-state index in [1.165, 1.54) is 12.3 Å². The first-order valence-electron chi connectivity index (χ1n) is 8.71. The fraction of sp³-hybridized carbons (Fsp3) is 0.286. The number of fused-ring (bicyclic) bond motifs is 1. The lowest BCUT2D eigenvalue weighted by atomic mass is 10.0. The molecule has 146 valence electrons. The molecule has 1 amide bonds. The second kappa shape index (κ2) is 7.72. The van der Waals surface area contributed by atoms with Gasteiger partial charge < -0.3 is 4.90 Å². The zero-order valence-electron chi connectivity index (χ0n) is 15.0. The predicted octanol–water partition coefficient (Wildman–Crippen LogP) is 4.76. The summed E-state index contributed by atoms with van der Waals surface area (Å²) in [4.78, 5) is 23.5. The van der Waals surface area contributed by atoms with Crippen LogP contribution in [0.3, 0.4) is 0 Å². The highest BCUT2D eigenvalue weighted by Gasteiger charge is 2.32. The number of benzene rings is 1. The molecule has 0 bridgehead atoms. The minimum absolute atomic E-state index is 0. The van der Waals surface area contributed by atoms with Crippen molar-refractivity contribution in [1.82, 2.24) is 19.4 Å². The number of pyridine rings is 1. The van der Waals surface area contributed by atoms with Gasteiger partial charge in [-0.15, -0.1) is 0 Å². The molecule has 0 fully saturated rings. The lowest BCUT2D eigenvalue weighted by molar-refractivity contribution is 0.0672. The number of amides is 1. The molecule has 0 aliphatic carbocycles. The van der Waals surface area contributed by atoms with Gasteiger partial charge >= 0.3 is 0 Å². The molecule has 0 saturated heterocycles. The van der Waals surface area contributed by atoms with E-state index in [4.69, 9.17) is 11.6 Å². The first-order chi connectivity index (χ1) is 13.0. The Kier molecular flexibility index (Phi) is 5.52. The van der Waals surface area contributed by atoms with E-state index < -0.39 is 0 Å². The molecule has 0 N–H and O–H groups in total. The van der Waals surface area contributed by atoms with Crippen molar-refractivity contribution in [3.63, 3.8) is 0 Å². The number of hydrogen-bond donors (Lipinski definition) is 0. The van der Waals surface area contributed by atoms with Crippen molar-refractivity contribution in [2.45, 2.75) is 33.7 Å². The van der Waals surface area contributed by atoms with Gasteiger partial charge in [-0.2, -0.15) is 0 Å². The fourth-order valence-corrected chi connectivity index (χ4v) is 3.71. The van der Waals surface area contributed by atoms with Gasteiger partial charge in [-0.05, 0) is 37.6 Å². The van der Waals surface area contributed by atoms with E-state index in [-0.39, 0.29) is 25.2 Å². The van der Waals surface area contributed by atoms with E-state index in [0.717, 1.165) is 17.0 Å². The number of nitrogens with zero attached hydrogens (tertiary/aromatic N) is 4. The van der Waals surface area contributed by atoms with Crippen LogP contribution in [0.1, 0.15) is 47.7 Å². The minimum atomic E-state index is -0.382. The van der Waals surface area contributed by atoms with Gasteiger partial charge in [-0.3, -0.25) is 9.36 Å². The number of hydrogen-bond acceptors (Lipinski definition) is 3. The molecule has 5 nitrogen and oxygen atoms in total. The Bertz CT molecular complexity index is 1020. The van der Waals surface area contributed by atoms with Gasteiger partial charge in [-0.25, -0.2) is 14.4 Å². The third-order valence-corrected chi connectivity index (χ3v) is 5.49. The van der Waals surface area contributed by atoms with Gasteiger partial charge in [0.05, 0.1) is 34.2 Å². The SMILES string of the molecule is C.Cc1cccc(C(=O)N2CCc3c(ncn3-c3ccc(F)cn3)[C@H]2C)c1Cl. The molecule has 1 aromatic carbocycles. The highest BCUT2D eigenvalue weighted by atomic mass is 35.5. The van der Waals surface area contributed by atoms with Crippen LogP contribution in [0.5, 0.6) is 0 Å². The average Bonchev–Trinajstić information content (AvgIpc) is 3.09. The van der Waals surface area contributed by atoms with Gasteiger partial charge in [0.25, 0.3) is 5.91 Å². The molecule has 7 heteroatoms. The van der Waals surface area contributed by atoms with Crippen LogP contribution in [0, 0.1) is 12.7 Å². The second-order valence-electron chi connectivity index (χ2n) is 6.64. The van der Waals surface area contributed by atoms with Crippen LogP contribution in [0.15, 0.2) is 42.9 Å². The molecule has 3 heterocycles. The van der Waals surface area contributed by atoms with Gasteiger partial charge in [0.2, 0.25) is 0 Å². The van der Waals surface area contributed by atoms with Gasteiger partial charge in [-0.1, -0.05) is 31.2 Å². The average molecular weight is 401 g/mol. The summed E-state index contributed by atoms with van der Waals surface area (Å²) in [5, 5.41) is 0.488. The number of aromatic nitrogens is 3. The summed E-state index contributed by atoms with van der Waals surface area (Å²) in [5.41, 5.74) is 3.19. The summed E-state index contributed by atoms with van der Waals surface area (Å²) in [6, 6.07) is 8.26. The quantitative estimate of drug-likeness (QED) is 0.623. The molecular formula is C21H22ClFN4O. The van der Waals surface area contributed by atoms with Crippen LogP contribution in [-0.4, -0.2) is 31.9 Å². The molecule has 0 spiro atoms. The summed E-state index contributed by atoms with van der Waals surface area (Å²) in [7, 11) is 0. The van der Waals surface area contributed by atoms with Crippen molar-refractivity contribution >= 4 is 17.5 Å². The van der Waals surface area contributed by atoms with Crippen molar-refractivity contribution in [3.8, 4) is 5.82 Å². The maximum absolute atomic E-state index is 13.1. The van der Waals surface area contributed by atoms with Crippen molar-refractivity contribution < 1.29 is 9.18 Å². The molecule has 4 rings (SSSR count). The Morgan fingerprint density at radius 3 is 2.75 bits per heavy atom. The summed E-state index contributed by atoms with van der Waals surface area (Å²) >= 11 is 6.35. The van der Waals surface area contributed by atoms with Crippen molar-refractivity contribution in [2.24, 2.45) is 0 Å². The Labute approximate surface area is 168 Å². The van der Waals surface area contributed by atoms with Crippen LogP contribution in [-0.2, 0) is 6.42 Å². The monoisotopic (exact) mass is 400 g/mol. The van der Waals surface area contributed by atoms with Crippen LogP contribution in [0.2, 0.25) is 5.02 Å². The minimum Gasteiger partial charge on any atom is -0.330 e. The Hall–Kier alpha value is -2.73. The topological polar surface area (TPSA) is 51.0 Å².